The molecule has 1 saturated heterocycles. The third-order valence-electron chi connectivity index (χ3n) is 4.85. The first-order valence-electron chi connectivity index (χ1n) is 7.49. The van der Waals surface area contributed by atoms with E-state index in [0.29, 0.717) is 0 Å². The molecule has 0 saturated carbocycles. The zero-order valence-corrected chi connectivity index (χ0v) is 11.8. The highest BCUT2D eigenvalue weighted by molar-refractivity contribution is 6.07. The van der Waals surface area contributed by atoms with Crippen LogP contribution in [-0.2, 0) is 16.6 Å². The van der Waals surface area contributed by atoms with Gasteiger partial charge in [-0.05, 0) is 36.6 Å². The van der Waals surface area contributed by atoms with Crippen LogP contribution in [0, 0.1) is 0 Å². The summed E-state index contributed by atoms with van der Waals surface area (Å²) in [6, 6.07) is 18.7. The van der Waals surface area contributed by atoms with Crippen LogP contribution in [0.15, 0.2) is 54.6 Å². The molecule has 2 aromatic rings. The van der Waals surface area contributed by atoms with Crippen molar-refractivity contribution >= 4 is 11.6 Å². The van der Waals surface area contributed by atoms with Gasteiger partial charge in [0.1, 0.15) is 0 Å². The molecule has 0 aliphatic carbocycles. The minimum Gasteiger partial charge on any atom is -0.325 e. The Hall–Kier alpha value is -2.13. The van der Waals surface area contributed by atoms with Gasteiger partial charge in [0.25, 0.3) is 0 Å². The summed E-state index contributed by atoms with van der Waals surface area (Å²) in [5.74, 6) is 0.148. The molecule has 0 radical (unpaired) electrons. The van der Waals surface area contributed by atoms with Crippen molar-refractivity contribution in [2.24, 2.45) is 0 Å². The normalized spacial score (nSPS) is 26.9. The van der Waals surface area contributed by atoms with E-state index < -0.39 is 5.41 Å². The van der Waals surface area contributed by atoms with Crippen molar-refractivity contribution in [1.82, 2.24) is 5.32 Å². The van der Waals surface area contributed by atoms with Gasteiger partial charge in [0.2, 0.25) is 5.91 Å². The number of fused-ring (bicyclic) bond motifs is 2. The predicted molar refractivity (Wildman–Crippen MR) is 83.3 cm³/mol. The maximum absolute atomic E-state index is 12.7. The van der Waals surface area contributed by atoms with Crippen LogP contribution in [0.5, 0.6) is 0 Å². The Bertz CT molecular complexity index is 683. The van der Waals surface area contributed by atoms with Gasteiger partial charge in [0, 0.05) is 11.7 Å². The lowest BCUT2D eigenvalue weighted by Gasteiger charge is -2.29. The number of benzene rings is 2. The summed E-state index contributed by atoms with van der Waals surface area (Å²) in [6.07, 6.45) is 1.75. The van der Waals surface area contributed by atoms with Crippen LogP contribution in [-0.4, -0.2) is 18.5 Å². The molecule has 0 aromatic heterocycles. The van der Waals surface area contributed by atoms with Crippen LogP contribution < -0.4 is 10.6 Å². The van der Waals surface area contributed by atoms with E-state index in [4.69, 9.17) is 0 Å². The smallest absolute Gasteiger partial charge is 0.236 e. The number of anilines is 1. The first-order chi connectivity index (χ1) is 10.3. The predicted octanol–water partition coefficient (Wildman–Crippen LogP) is 2.48. The Morgan fingerprint density at radius 1 is 1.05 bits per heavy atom. The largest absolute Gasteiger partial charge is 0.325 e. The molecular formula is C18H18N2O. The number of rotatable bonds is 2. The number of carbonyl (C=O) groups excluding carboxylic acids is 1. The average Bonchev–Trinajstić information content (AvgIpc) is 3.05. The van der Waals surface area contributed by atoms with E-state index in [2.05, 4.69) is 41.0 Å². The summed E-state index contributed by atoms with van der Waals surface area (Å²) in [7, 11) is 0. The first-order valence-corrected chi connectivity index (χ1v) is 7.49. The molecule has 2 N–H and O–H groups in total. The third kappa shape index (κ3) is 1.81. The van der Waals surface area contributed by atoms with Crippen molar-refractivity contribution in [1.29, 1.82) is 0 Å². The highest BCUT2D eigenvalue weighted by Gasteiger charge is 2.54. The number of para-hydroxylation sites is 1. The van der Waals surface area contributed by atoms with Crippen molar-refractivity contribution in [2.45, 2.75) is 24.3 Å². The molecule has 106 valence electrons. The van der Waals surface area contributed by atoms with E-state index in [1.165, 1.54) is 5.56 Å². The van der Waals surface area contributed by atoms with Crippen molar-refractivity contribution in [3.05, 3.63) is 65.7 Å². The van der Waals surface area contributed by atoms with E-state index in [0.717, 1.165) is 30.6 Å². The Morgan fingerprint density at radius 2 is 1.81 bits per heavy atom. The standard InChI is InChI=1S/C18H18N2O/c21-17-18(14-8-4-5-9-15(14)20-17)10-11-19-16(18)12-13-6-2-1-3-7-13/h1-9,16,19H,10-12H2,(H,20,21)/t16-,18+/m1/s1. The molecular weight excluding hydrogens is 260 g/mol. The second kappa shape index (κ2) is 4.71. The Kier molecular flexibility index (Phi) is 2.82. The second-order valence-corrected chi connectivity index (χ2v) is 5.92. The van der Waals surface area contributed by atoms with Gasteiger partial charge in [-0.15, -0.1) is 0 Å². The molecule has 2 aliphatic heterocycles. The van der Waals surface area contributed by atoms with Gasteiger partial charge in [-0.2, -0.15) is 0 Å². The molecule has 3 heteroatoms. The van der Waals surface area contributed by atoms with Crippen LogP contribution in [0.2, 0.25) is 0 Å². The van der Waals surface area contributed by atoms with Crippen LogP contribution >= 0.6 is 0 Å². The highest BCUT2D eigenvalue weighted by atomic mass is 16.2. The Labute approximate surface area is 124 Å². The topological polar surface area (TPSA) is 41.1 Å². The van der Waals surface area contributed by atoms with Crippen molar-refractivity contribution < 1.29 is 4.79 Å². The molecule has 2 heterocycles. The molecule has 2 aromatic carbocycles. The van der Waals surface area contributed by atoms with Gasteiger partial charge in [-0.1, -0.05) is 48.5 Å². The van der Waals surface area contributed by atoms with Gasteiger partial charge in [0.05, 0.1) is 5.41 Å². The summed E-state index contributed by atoms with van der Waals surface area (Å²) < 4.78 is 0. The van der Waals surface area contributed by atoms with E-state index >= 15 is 0 Å². The Morgan fingerprint density at radius 3 is 2.67 bits per heavy atom. The third-order valence-corrected chi connectivity index (χ3v) is 4.85. The van der Waals surface area contributed by atoms with Crippen molar-refractivity contribution in [3.63, 3.8) is 0 Å². The first kappa shape index (κ1) is 12.6. The fourth-order valence-corrected chi connectivity index (χ4v) is 3.82. The van der Waals surface area contributed by atoms with Gasteiger partial charge >= 0.3 is 0 Å². The van der Waals surface area contributed by atoms with Crippen LogP contribution in [0.3, 0.4) is 0 Å². The van der Waals surface area contributed by atoms with Crippen LogP contribution in [0.1, 0.15) is 17.5 Å². The Balaban J connectivity index is 1.74. The molecule has 1 spiro atoms. The average molecular weight is 278 g/mol. The molecule has 4 rings (SSSR count). The highest BCUT2D eigenvalue weighted by Crippen LogP contribution is 2.45. The number of nitrogens with one attached hydrogen (secondary N) is 2. The molecule has 0 bridgehead atoms. The number of hydrogen-bond donors (Lipinski definition) is 2. The quantitative estimate of drug-likeness (QED) is 0.886. The van der Waals surface area contributed by atoms with Crippen molar-refractivity contribution in [2.75, 3.05) is 11.9 Å². The number of amides is 1. The molecule has 2 aliphatic rings. The zero-order valence-electron chi connectivity index (χ0n) is 11.8. The summed E-state index contributed by atoms with van der Waals surface area (Å²) >= 11 is 0. The van der Waals surface area contributed by atoms with Crippen LogP contribution in [0.4, 0.5) is 5.69 Å². The van der Waals surface area contributed by atoms with E-state index in [-0.39, 0.29) is 11.9 Å². The number of carbonyl (C=O) groups is 1. The lowest BCUT2D eigenvalue weighted by molar-refractivity contribution is -0.121. The fraction of sp³-hybridized carbons (Fsp3) is 0.278. The summed E-state index contributed by atoms with van der Waals surface area (Å²) in [6.45, 7) is 0.888. The summed E-state index contributed by atoms with van der Waals surface area (Å²) in [4.78, 5) is 12.7. The minimum absolute atomic E-state index is 0.148. The van der Waals surface area contributed by atoms with Gasteiger partial charge in [-0.25, -0.2) is 0 Å². The van der Waals surface area contributed by atoms with Gasteiger partial charge in [0.15, 0.2) is 0 Å². The zero-order chi connectivity index (χ0) is 14.3. The molecule has 1 fully saturated rings. The molecule has 21 heavy (non-hydrogen) atoms. The van der Waals surface area contributed by atoms with E-state index in [1.54, 1.807) is 0 Å². The molecule has 1 amide bonds. The lowest BCUT2D eigenvalue weighted by Crippen LogP contribution is -2.46. The van der Waals surface area contributed by atoms with Crippen LogP contribution in [0.25, 0.3) is 0 Å². The second-order valence-electron chi connectivity index (χ2n) is 5.92. The maximum atomic E-state index is 12.7. The molecule has 2 atom stereocenters. The van der Waals surface area contributed by atoms with E-state index in [1.807, 2.05) is 24.3 Å². The maximum Gasteiger partial charge on any atom is 0.236 e. The monoisotopic (exact) mass is 278 g/mol. The molecule has 3 nitrogen and oxygen atoms in total. The molecule has 0 unspecified atom stereocenters. The minimum atomic E-state index is -0.410. The van der Waals surface area contributed by atoms with Crippen molar-refractivity contribution in [3.8, 4) is 0 Å². The summed E-state index contributed by atoms with van der Waals surface area (Å²) in [5.41, 5.74) is 2.99. The number of hydrogen-bond acceptors (Lipinski definition) is 2. The fourth-order valence-electron chi connectivity index (χ4n) is 3.82. The SMILES string of the molecule is O=C1Nc2ccccc2[C@]12CCN[C@@H]2Cc1ccccc1. The summed E-state index contributed by atoms with van der Waals surface area (Å²) in [5, 5.41) is 6.62. The van der Waals surface area contributed by atoms with E-state index in [9.17, 15) is 4.79 Å². The van der Waals surface area contributed by atoms with Gasteiger partial charge in [-0.3, -0.25) is 4.79 Å². The van der Waals surface area contributed by atoms with Gasteiger partial charge < -0.3 is 10.6 Å². The lowest BCUT2D eigenvalue weighted by atomic mass is 9.73.